The SMILES string of the molecule is FC(F)(F)c1cc(Nc2nc(-c3cccnc3)cs2)ccc1OCCCc1ccccc1. The Morgan fingerprint density at radius 3 is 2.59 bits per heavy atom. The quantitative estimate of drug-likeness (QED) is 0.291. The van der Waals surface area contributed by atoms with Crippen LogP contribution in [0.2, 0.25) is 0 Å². The normalized spacial score (nSPS) is 11.3. The molecule has 0 aliphatic carbocycles. The van der Waals surface area contributed by atoms with Crippen LogP contribution in [0.4, 0.5) is 24.0 Å². The predicted octanol–water partition coefficient (Wildman–Crippen LogP) is 6.98. The van der Waals surface area contributed by atoms with Crippen molar-refractivity contribution in [3.8, 4) is 17.0 Å². The zero-order valence-corrected chi connectivity index (χ0v) is 17.8. The van der Waals surface area contributed by atoms with E-state index in [0.29, 0.717) is 22.9 Å². The van der Waals surface area contributed by atoms with Crippen LogP contribution in [0.15, 0.2) is 78.4 Å². The zero-order valence-electron chi connectivity index (χ0n) is 17.0. The van der Waals surface area contributed by atoms with Crippen molar-refractivity contribution >= 4 is 22.2 Å². The first-order valence-corrected chi connectivity index (χ1v) is 10.9. The van der Waals surface area contributed by atoms with Crippen molar-refractivity contribution in [1.82, 2.24) is 9.97 Å². The van der Waals surface area contributed by atoms with Crippen molar-refractivity contribution in [3.63, 3.8) is 0 Å². The number of nitrogens with zero attached hydrogens (tertiary/aromatic N) is 2. The second kappa shape index (κ2) is 9.82. The molecule has 0 unspecified atom stereocenters. The number of anilines is 2. The first-order chi connectivity index (χ1) is 15.5. The van der Waals surface area contributed by atoms with Crippen molar-refractivity contribution in [3.05, 3.63) is 89.6 Å². The summed E-state index contributed by atoms with van der Waals surface area (Å²) in [5.74, 6) is -0.175. The van der Waals surface area contributed by atoms with E-state index in [2.05, 4.69) is 15.3 Å². The number of halogens is 3. The highest BCUT2D eigenvalue weighted by atomic mass is 32.1. The highest BCUT2D eigenvalue weighted by Crippen LogP contribution is 2.39. The van der Waals surface area contributed by atoms with Gasteiger partial charge in [-0.05, 0) is 48.7 Å². The lowest BCUT2D eigenvalue weighted by Crippen LogP contribution is -2.10. The van der Waals surface area contributed by atoms with Gasteiger partial charge in [0.05, 0.1) is 17.9 Å². The van der Waals surface area contributed by atoms with Gasteiger partial charge in [-0.15, -0.1) is 11.3 Å². The van der Waals surface area contributed by atoms with Gasteiger partial charge in [-0.25, -0.2) is 4.98 Å². The minimum atomic E-state index is -4.53. The Morgan fingerprint density at radius 1 is 1.00 bits per heavy atom. The summed E-state index contributed by atoms with van der Waals surface area (Å²) in [5, 5.41) is 5.28. The van der Waals surface area contributed by atoms with Crippen molar-refractivity contribution in [2.75, 3.05) is 11.9 Å². The Morgan fingerprint density at radius 2 is 1.84 bits per heavy atom. The van der Waals surface area contributed by atoms with Gasteiger partial charge in [-0.3, -0.25) is 4.98 Å². The average molecular weight is 456 g/mol. The van der Waals surface area contributed by atoms with Gasteiger partial charge in [0, 0.05) is 29.0 Å². The molecule has 0 atom stereocenters. The average Bonchev–Trinajstić information content (AvgIpc) is 3.26. The molecule has 1 N–H and O–H groups in total. The summed E-state index contributed by atoms with van der Waals surface area (Å²) in [7, 11) is 0. The van der Waals surface area contributed by atoms with Crippen LogP contribution in [0.25, 0.3) is 11.3 Å². The Balaban J connectivity index is 1.43. The number of aromatic nitrogens is 2. The van der Waals surface area contributed by atoms with Gasteiger partial charge in [-0.1, -0.05) is 30.3 Å². The second-order valence-electron chi connectivity index (χ2n) is 7.05. The highest BCUT2D eigenvalue weighted by molar-refractivity contribution is 7.14. The highest BCUT2D eigenvalue weighted by Gasteiger charge is 2.34. The van der Waals surface area contributed by atoms with Crippen LogP contribution < -0.4 is 10.1 Å². The molecule has 2 aromatic heterocycles. The summed E-state index contributed by atoms with van der Waals surface area (Å²) in [4.78, 5) is 8.49. The van der Waals surface area contributed by atoms with Crippen LogP contribution >= 0.6 is 11.3 Å². The Kier molecular flexibility index (Phi) is 6.70. The maximum Gasteiger partial charge on any atom is 0.420 e. The van der Waals surface area contributed by atoms with E-state index in [1.54, 1.807) is 24.5 Å². The van der Waals surface area contributed by atoms with Crippen LogP contribution in [0.5, 0.6) is 5.75 Å². The van der Waals surface area contributed by atoms with Crippen LogP contribution in [0, 0.1) is 0 Å². The molecule has 0 saturated heterocycles. The molecule has 2 heterocycles. The second-order valence-corrected chi connectivity index (χ2v) is 7.91. The Hall–Kier alpha value is -3.39. The topological polar surface area (TPSA) is 47.0 Å². The lowest BCUT2D eigenvalue weighted by Gasteiger charge is -2.15. The van der Waals surface area contributed by atoms with Gasteiger partial charge in [0.15, 0.2) is 5.13 Å². The maximum absolute atomic E-state index is 13.6. The van der Waals surface area contributed by atoms with Gasteiger partial charge in [0.2, 0.25) is 0 Å². The number of hydrogen-bond acceptors (Lipinski definition) is 5. The molecule has 4 nitrogen and oxygen atoms in total. The number of ether oxygens (including phenoxy) is 1. The third-order valence-corrected chi connectivity index (χ3v) is 5.47. The fourth-order valence-corrected chi connectivity index (χ4v) is 3.90. The number of benzene rings is 2. The lowest BCUT2D eigenvalue weighted by molar-refractivity contribution is -0.138. The van der Waals surface area contributed by atoms with Crippen molar-refractivity contribution in [1.29, 1.82) is 0 Å². The van der Waals surface area contributed by atoms with Gasteiger partial charge in [-0.2, -0.15) is 13.2 Å². The summed E-state index contributed by atoms with van der Waals surface area (Å²) in [6.45, 7) is 0.200. The van der Waals surface area contributed by atoms with Gasteiger partial charge in [0.25, 0.3) is 0 Å². The molecule has 0 fully saturated rings. The molecule has 4 aromatic rings. The van der Waals surface area contributed by atoms with E-state index in [1.807, 2.05) is 41.8 Å². The van der Waals surface area contributed by atoms with Crippen LogP contribution in [0.1, 0.15) is 17.5 Å². The smallest absolute Gasteiger partial charge is 0.420 e. The molecule has 4 rings (SSSR count). The van der Waals surface area contributed by atoms with E-state index < -0.39 is 11.7 Å². The van der Waals surface area contributed by atoms with E-state index >= 15 is 0 Å². The van der Waals surface area contributed by atoms with E-state index in [1.165, 1.54) is 17.4 Å². The number of nitrogens with one attached hydrogen (secondary N) is 1. The van der Waals surface area contributed by atoms with E-state index in [0.717, 1.165) is 23.6 Å². The molecule has 32 heavy (non-hydrogen) atoms. The fourth-order valence-electron chi connectivity index (χ4n) is 3.16. The zero-order chi connectivity index (χ0) is 22.4. The molecule has 8 heteroatoms. The first kappa shape index (κ1) is 21.8. The monoisotopic (exact) mass is 455 g/mol. The molecule has 2 aromatic carbocycles. The number of alkyl halides is 3. The molecule has 164 valence electrons. The van der Waals surface area contributed by atoms with Crippen LogP contribution in [-0.2, 0) is 12.6 Å². The molecule has 0 radical (unpaired) electrons. The predicted molar refractivity (Wildman–Crippen MR) is 120 cm³/mol. The summed E-state index contributed by atoms with van der Waals surface area (Å²) in [6.07, 6.45) is 0.183. The fraction of sp³-hybridized carbons (Fsp3) is 0.167. The number of pyridine rings is 1. The Labute approximate surface area is 187 Å². The minimum Gasteiger partial charge on any atom is -0.493 e. The van der Waals surface area contributed by atoms with Crippen LogP contribution in [-0.4, -0.2) is 16.6 Å². The molecule has 0 bridgehead atoms. The molecule has 0 aliphatic rings. The number of rotatable bonds is 8. The largest absolute Gasteiger partial charge is 0.493 e. The first-order valence-electron chi connectivity index (χ1n) is 10.00. The van der Waals surface area contributed by atoms with Crippen molar-refractivity contribution in [2.45, 2.75) is 19.0 Å². The Bertz CT molecular complexity index is 1150. The van der Waals surface area contributed by atoms with Gasteiger partial charge < -0.3 is 10.1 Å². The molecule has 0 saturated carbocycles. The third-order valence-electron chi connectivity index (χ3n) is 4.71. The summed E-state index contributed by atoms with van der Waals surface area (Å²) < 4.78 is 46.4. The minimum absolute atomic E-state index is 0.175. The van der Waals surface area contributed by atoms with E-state index in [9.17, 15) is 13.2 Å². The maximum atomic E-state index is 13.6. The third kappa shape index (κ3) is 5.64. The number of hydrogen-bond donors (Lipinski definition) is 1. The standard InChI is InChI=1S/C24H20F3N3OS/c25-24(26,27)20-14-19(29-23-30-21(16-32-23)18-9-4-12-28-15-18)10-11-22(20)31-13-5-8-17-6-2-1-3-7-17/h1-4,6-7,9-12,14-16H,5,8,13H2,(H,29,30). The van der Waals surface area contributed by atoms with E-state index in [4.69, 9.17) is 4.74 Å². The van der Waals surface area contributed by atoms with Crippen LogP contribution in [0.3, 0.4) is 0 Å². The van der Waals surface area contributed by atoms with Gasteiger partial charge >= 0.3 is 6.18 Å². The molecular formula is C24H20F3N3OS. The molecule has 0 spiro atoms. The summed E-state index contributed by atoms with van der Waals surface area (Å²) in [6, 6.07) is 17.4. The molecule has 0 aliphatic heterocycles. The number of aryl methyl sites for hydroxylation is 1. The summed E-state index contributed by atoms with van der Waals surface area (Å²) in [5.41, 5.74) is 2.15. The summed E-state index contributed by atoms with van der Waals surface area (Å²) >= 11 is 1.31. The van der Waals surface area contributed by atoms with Crippen molar-refractivity contribution < 1.29 is 17.9 Å². The van der Waals surface area contributed by atoms with Gasteiger partial charge in [0.1, 0.15) is 5.75 Å². The molecule has 0 amide bonds. The lowest BCUT2D eigenvalue weighted by atomic mass is 10.1. The van der Waals surface area contributed by atoms with E-state index in [-0.39, 0.29) is 12.4 Å². The molecular weight excluding hydrogens is 435 g/mol. The van der Waals surface area contributed by atoms with Crippen molar-refractivity contribution in [2.24, 2.45) is 0 Å². The number of thiazole rings is 1.